The van der Waals surface area contributed by atoms with Gasteiger partial charge in [0.1, 0.15) is 0 Å². The molecule has 2 rings (SSSR count). The lowest BCUT2D eigenvalue weighted by molar-refractivity contribution is 0.0878. The molecule has 0 aromatic heterocycles. The largest absolute Gasteiger partial charge is 0.396 e. The van der Waals surface area contributed by atoms with Crippen LogP contribution in [-0.4, -0.2) is 30.4 Å². The standard InChI is InChI=1S/C15H21NO2S/c1-19-13-7-3-2-6-12(13)14(18)16-10-15(11-17)8-4-5-9-15/h2-3,6-7,17H,4-5,8-11H2,1H3,(H,16,18). The zero-order valence-corrected chi connectivity index (χ0v) is 12.1. The number of hydrogen-bond donors (Lipinski definition) is 2. The van der Waals surface area contributed by atoms with Crippen LogP contribution in [0.4, 0.5) is 0 Å². The molecule has 0 spiro atoms. The first-order valence-corrected chi connectivity index (χ1v) is 7.95. The number of hydrogen-bond acceptors (Lipinski definition) is 3. The van der Waals surface area contributed by atoms with Crippen molar-refractivity contribution in [3.05, 3.63) is 29.8 Å². The zero-order valence-electron chi connectivity index (χ0n) is 11.3. The highest BCUT2D eigenvalue weighted by Gasteiger charge is 2.33. The first-order chi connectivity index (χ1) is 9.21. The van der Waals surface area contributed by atoms with Crippen LogP contribution in [0.2, 0.25) is 0 Å². The summed E-state index contributed by atoms with van der Waals surface area (Å²) in [6, 6.07) is 7.62. The van der Waals surface area contributed by atoms with Crippen LogP contribution >= 0.6 is 11.8 Å². The van der Waals surface area contributed by atoms with Gasteiger partial charge in [-0.3, -0.25) is 4.79 Å². The summed E-state index contributed by atoms with van der Waals surface area (Å²) in [4.78, 5) is 13.2. The Bertz CT molecular complexity index is 442. The number of benzene rings is 1. The first kappa shape index (κ1) is 14.4. The molecule has 0 atom stereocenters. The van der Waals surface area contributed by atoms with E-state index in [0.717, 1.165) is 36.1 Å². The lowest BCUT2D eigenvalue weighted by Crippen LogP contribution is -2.38. The van der Waals surface area contributed by atoms with Gasteiger partial charge in [0, 0.05) is 16.9 Å². The van der Waals surface area contributed by atoms with Crippen LogP contribution in [0.1, 0.15) is 36.0 Å². The molecule has 1 aromatic rings. The lowest BCUT2D eigenvalue weighted by atomic mass is 9.87. The normalized spacial score (nSPS) is 17.4. The summed E-state index contributed by atoms with van der Waals surface area (Å²) in [6.45, 7) is 0.739. The minimum Gasteiger partial charge on any atom is -0.396 e. The predicted octanol–water partition coefficient (Wildman–Crippen LogP) is 2.69. The predicted molar refractivity (Wildman–Crippen MR) is 78.5 cm³/mol. The van der Waals surface area contributed by atoms with Gasteiger partial charge in [0.15, 0.2) is 0 Å². The fourth-order valence-electron chi connectivity index (χ4n) is 2.71. The van der Waals surface area contributed by atoms with Gasteiger partial charge in [-0.1, -0.05) is 25.0 Å². The fourth-order valence-corrected chi connectivity index (χ4v) is 3.31. The molecule has 0 bridgehead atoms. The Morgan fingerprint density at radius 1 is 1.37 bits per heavy atom. The van der Waals surface area contributed by atoms with E-state index in [1.807, 2.05) is 30.5 Å². The van der Waals surface area contributed by atoms with Gasteiger partial charge in [0.2, 0.25) is 0 Å². The molecular formula is C15H21NO2S. The van der Waals surface area contributed by atoms with Gasteiger partial charge < -0.3 is 10.4 Å². The molecule has 1 aliphatic rings. The minimum absolute atomic E-state index is 0.0373. The van der Waals surface area contributed by atoms with Crippen molar-refractivity contribution >= 4 is 17.7 Å². The van der Waals surface area contributed by atoms with Crippen LogP contribution < -0.4 is 5.32 Å². The molecule has 1 aliphatic carbocycles. The molecule has 104 valence electrons. The van der Waals surface area contributed by atoms with Crippen molar-refractivity contribution in [2.75, 3.05) is 19.4 Å². The molecule has 19 heavy (non-hydrogen) atoms. The molecular weight excluding hydrogens is 258 g/mol. The summed E-state index contributed by atoms with van der Waals surface area (Å²) in [5, 5.41) is 12.5. The maximum atomic E-state index is 12.2. The summed E-state index contributed by atoms with van der Waals surface area (Å²) in [6.07, 6.45) is 6.29. The third kappa shape index (κ3) is 3.31. The summed E-state index contributed by atoms with van der Waals surface area (Å²) in [5.41, 5.74) is 0.630. The number of nitrogens with one attached hydrogen (secondary N) is 1. The SMILES string of the molecule is CSc1ccccc1C(=O)NCC1(CO)CCCC1. The third-order valence-electron chi connectivity index (χ3n) is 3.98. The van der Waals surface area contributed by atoms with Crippen molar-refractivity contribution in [3.63, 3.8) is 0 Å². The van der Waals surface area contributed by atoms with E-state index < -0.39 is 0 Å². The van der Waals surface area contributed by atoms with Crippen LogP contribution in [0, 0.1) is 5.41 Å². The van der Waals surface area contributed by atoms with Gasteiger partial charge in [-0.2, -0.15) is 0 Å². The van der Waals surface area contributed by atoms with E-state index in [-0.39, 0.29) is 17.9 Å². The van der Waals surface area contributed by atoms with E-state index in [1.54, 1.807) is 11.8 Å². The van der Waals surface area contributed by atoms with Gasteiger partial charge >= 0.3 is 0 Å². The second-order valence-electron chi connectivity index (χ2n) is 5.25. The van der Waals surface area contributed by atoms with Gasteiger partial charge in [0.25, 0.3) is 5.91 Å². The number of rotatable bonds is 5. The lowest BCUT2D eigenvalue weighted by Gasteiger charge is -2.26. The molecule has 0 unspecified atom stereocenters. The summed E-state index contributed by atoms with van der Waals surface area (Å²) in [7, 11) is 0. The number of carbonyl (C=O) groups is 1. The summed E-state index contributed by atoms with van der Waals surface area (Å²) < 4.78 is 0. The van der Waals surface area contributed by atoms with Crippen LogP contribution in [0.3, 0.4) is 0 Å². The van der Waals surface area contributed by atoms with E-state index in [4.69, 9.17) is 0 Å². The molecule has 4 heteroatoms. The zero-order chi connectivity index (χ0) is 13.7. The number of aliphatic hydroxyl groups is 1. The Hall–Kier alpha value is -1.00. The Balaban J connectivity index is 2.01. The molecule has 2 N–H and O–H groups in total. The molecule has 1 aromatic carbocycles. The molecule has 0 radical (unpaired) electrons. The topological polar surface area (TPSA) is 49.3 Å². The highest BCUT2D eigenvalue weighted by Crippen LogP contribution is 2.37. The second kappa shape index (κ2) is 6.44. The number of thioether (sulfide) groups is 1. The molecule has 0 saturated heterocycles. The molecule has 0 heterocycles. The highest BCUT2D eigenvalue weighted by atomic mass is 32.2. The minimum atomic E-state index is -0.0933. The maximum absolute atomic E-state index is 12.2. The third-order valence-corrected chi connectivity index (χ3v) is 4.77. The average Bonchev–Trinajstić information content (AvgIpc) is 2.94. The summed E-state index contributed by atoms with van der Waals surface area (Å²) in [5.74, 6) is -0.0373. The van der Waals surface area contributed by atoms with Gasteiger partial charge in [-0.25, -0.2) is 0 Å². The maximum Gasteiger partial charge on any atom is 0.252 e. The molecule has 1 saturated carbocycles. The second-order valence-corrected chi connectivity index (χ2v) is 6.10. The Morgan fingerprint density at radius 2 is 2.05 bits per heavy atom. The summed E-state index contributed by atoms with van der Waals surface area (Å²) >= 11 is 1.58. The average molecular weight is 279 g/mol. The van der Waals surface area contributed by atoms with Crippen molar-refractivity contribution in [3.8, 4) is 0 Å². The number of amides is 1. The van der Waals surface area contributed by atoms with Crippen molar-refractivity contribution < 1.29 is 9.90 Å². The van der Waals surface area contributed by atoms with Crippen LogP contribution in [0.25, 0.3) is 0 Å². The van der Waals surface area contributed by atoms with Crippen molar-refractivity contribution in [1.82, 2.24) is 5.32 Å². The van der Waals surface area contributed by atoms with Crippen LogP contribution in [0.15, 0.2) is 29.2 Å². The van der Waals surface area contributed by atoms with E-state index >= 15 is 0 Å². The smallest absolute Gasteiger partial charge is 0.252 e. The highest BCUT2D eigenvalue weighted by molar-refractivity contribution is 7.98. The van der Waals surface area contributed by atoms with E-state index in [1.165, 1.54) is 0 Å². The van der Waals surface area contributed by atoms with Crippen LogP contribution in [-0.2, 0) is 0 Å². The fraction of sp³-hybridized carbons (Fsp3) is 0.533. The number of aliphatic hydroxyl groups excluding tert-OH is 1. The number of carbonyl (C=O) groups excluding carboxylic acids is 1. The van der Waals surface area contributed by atoms with Gasteiger partial charge in [0.05, 0.1) is 12.2 Å². The van der Waals surface area contributed by atoms with Crippen LogP contribution in [0.5, 0.6) is 0 Å². The van der Waals surface area contributed by atoms with Crippen molar-refractivity contribution in [1.29, 1.82) is 0 Å². The van der Waals surface area contributed by atoms with Gasteiger partial charge in [-0.15, -0.1) is 11.8 Å². The quantitative estimate of drug-likeness (QED) is 0.815. The Labute approximate surface area is 118 Å². The molecule has 3 nitrogen and oxygen atoms in total. The Morgan fingerprint density at radius 3 is 2.68 bits per heavy atom. The Kier molecular flexibility index (Phi) is 4.88. The van der Waals surface area contributed by atoms with Crippen molar-refractivity contribution in [2.45, 2.75) is 30.6 Å². The van der Waals surface area contributed by atoms with E-state index in [0.29, 0.717) is 6.54 Å². The van der Waals surface area contributed by atoms with E-state index in [9.17, 15) is 9.90 Å². The molecule has 0 aliphatic heterocycles. The monoisotopic (exact) mass is 279 g/mol. The first-order valence-electron chi connectivity index (χ1n) is 6.73. The molecule has 1 amide bonds. The van der Waals surface area contributed by atoms with E-state index in [2.05, 4.69) is 5.32 Å². The van der Waals surface area contributed by atoms with Gasteiger partial charge in [-0.05, 0) is 31.2 Å². The van der Waals surface area contributed by atoms with Crippen molar-refractivity contribution in [2.24, 2.45) is 5.41 Å². The molecule has 1 fully saturated rings.